The number of nitrogens with one attached hydrogen (secondary N) is 1. The van der Waals surface area contributed by atoms with Crippen LogP contribution < -0.4 is 10.2 Å². The van der Waals surface area contributed by atoms with Gasteiger partial charge in [0.05, 0.1) is 18.8 Å². The molecule has 1 saturated heterocycles. The Morgan fingerprint density at radius 2 is 2.09 bits per heavy atom. The highest BCUT2D eigenvalue weighted by Gasteiger charge is 2.13. The van der Waals surface area contributed by atoms with Crippen LogP contribution in [0.5, 0.6) is 0 Å². The van der Waals surface area contributed by atoms with Crippen molar-refractivity contribution in [3.8, 4) is 0 Å². The molecule has 0 bridgehead atoms. The van der Waals surface area contributed by atoms with Gasteiger partial charge in [0.2, 0.25) is 0 Å². The molecule has 0 saturated carbocycles. The molecule has 23 heavy (non-hydrogen) atoms. The van der Waals surface area contributed by atoms with E-state index >= 15 is 0 Å². The van der Waals surface area contributed by atoms with E-state index in [0.29, 0.717) is 25.3 Å². The van der Waals surface area contributed by atoms with Gasteiger partial charge in [-0.15, -0.1) is 0 Å². The highest BCUT2D eigenvalue weighted by molar-refractivity contribution is 6.32. The first-order valence-electron chi connectivity index (χ1n) is 7.40. The van der Waals surface area contributed by atoms with Crippen molar-refractivity contribution >= 4 is 23.3 Å². The average Bonchev–Trinajstić information content (AvgIpc) is 2.61. The van der Waals surface area contributed by atoms with E-state index in [1.807, 2.05) is 12.1 Å². The minimum atomic E-state index is -0.243. The van der Waals surface area contributed by atoms with Crippen molar-refractivity contribution in [2.75, 3.05) is 31.2 Å². The van der Waals surface area contributed by atoms with Gasteiger partial charge in [0.25, 0.3) is 5.91 Å². The van der Waals surface area contributed by atoms with Gasteiger partial charge in [-0.3, -0.25) is 4.79 Å². The lowest BCUT2D eigenvalue weighted by atomic mass is 10.2. The Kier molecular flexibility index (Phi) is 5.05. The summed E-state index contributed by atoms with van der Waals surface area (Å²) in [6, 6.07) is 7.20. The Morgan fingerprint density at radius 1 is 1.26 bits per heavy atom. The first-order chi connectivity index (χ1) is 11.2. The van der Waals surface area contributed by atoms with Crippen molar-refractivity contribution in [1.82, 2.24) is 15.3 Å². The third kappa shape index (κ3) is 3.97. The number of rotatable bonds is 4. The first-order valence-corrected chi connectivity index (χ1v) is 7.78. The van der Waals surface area contributed by atoms with Gasteiger partial charge in [-0.05, 0) is 29.8 Å². The minimum absolute atomic E-state index is 0.203. The molecular weight excluding hydrogens is 316 g/mol. The van der Waals surface area contributed by atoms with E-state index in [1.165, 1.54) is 0 Å². The van der Waals surface area contributed by atoms with Gasteiger partial charge in [0.15, 0.2) is 0 Å². The number of hydrogen-bond donors (Lipinski definition) is 1. The highest BCUT2D eigenvalue weighted by atomic mass is 35.5. The summed E-state index contributed by atoms with van der Waals surface area (Å²) in [6.45, 7) is 3.48. The normalized spacial score (nSPS) is 14.6. The van der Waals surface area contributed by atoms with Crippen LogP contribution in [0, 0.1) is 0 Å². The molecule has 7 heteroatoms. The van der Waals surface area contributed by atoms with Crippen LogP contribution >= 0.6 is 11.6 Å². The summed E-state index contributed by atoms with van der Waals surface area (Å²) in [7, 11) is 0. The Balaban J connectivity index is 1.64. The van der Waals surface area contributed by atoms with Crippen molar-refractivity contribution < 1.29 is 9.53 Å². The van der Waals surface area contributed by atoms with Crippen LogP contribution in [0.2, 0.25) is 5.15 Å². The second-order valence-electron chi connectivity index (χ2n) is 5.15. The van der Waals surface area contributed by atoms with Gasteiger partial charge in [-0.25, -0.2) is 9.97 Å². The van der Waals surface area contributed by atoms with Crippen LogP contribution in [0.15, 0.2) is 36.7 Å². The van der Waals surface area contributed by atoms with Gasteiger partial charge in [0, 0.05) is 32.0 Å². The van der Waals surface area contributed by atoms with Gasteiger partial charge in [-0.1, -0.05) is 11.6 Å². The summed E-state index contributed by atoms with van der Waals surface area (Å²) in [5, 5.41) is 3.05. The molecule has 1 aliphatic heterocycles. The average molecular weight is 333 g/mol. The van der Waals surface area contributed by atoms with Crippen LogP contribution in [-0.2, 0) is 11.3 Å². The standard InChI is InChI=1S/C16H17ClN4O2/c17-15-13(2-1-4-19-15)16(22)20-11-12-3-5-18-14(10-12)21-6-8-23-9-7-21/h1-5,10H,6-9,11H2,(H,20,22). The van der Waals surface area contributed by atoms with E-state index < -0.39 is 0 Å². The van der Waals surface area contributed by atoms with E-state index in [4.69, 9.17) is 16.3 Å². The molecule has 3 rings (SSSR count). The monoisotopic (exact) mass is 332 g/mol. The molecule has 3 heterocycles. The molecule has 0 radical (unpaired) electrons. The predicted octanol–water partition coefficient (Wildman–Crippen LogP) is 1.90. The largest absolute Gasteiger partial charge is 0.378 e. The fourth-order valence-electron chi connectivity index (χ4n) is 2.37. The molecule has 2 aromatic rings. The van der Waals surface area contributed by atoms with Crippen LogP contribution in [-0.4, -0.2) is 42.2 Å². The SMILES string of the molecule is O=C(NCc1ccnc(N2CCOCC2)c1)c1cccnc1Cl. The number of pyridine rings is 2. The summed E-state index contributed by atoms with van der Waals surface area (Å²) in [5.74, 6) is 0.660. The molecule has 2 aromatic heterocycles. The summed E-state index contributed by atoms with van der Waals surface area (Å²) < 4.78 is 5.35. The number of amides is 1. The predicted molar refractivity (Wildman–Crippen MR) is 87.7 cm³/mol. The van der Waals surface area contributed by atoms with Crippen molar-refractivity contribution in [3.63, 3.8) is 0 Å². The topological polar surface area (TPSA) is 67.4 Å². The summed E-state index contributed by atoms with van der Waals surface area (Å²) in [4.78, 5) is 22.6. The third-order valence-electron chi connectivity index (χ3n) is 3.60. The van der Waals surface area contributed by atoms with Gasteiger partial charge in [-0.2, -0.15) is 0 Å². The maximum Gasteiger partial charge on any atom is 0.254 e. The maximum absolute atomic E-state index is 12.1. The Bertz CT molecular complexity index is 689. The highest BCUT2D eigenvalue weighted by Crippen LogP contribution is 2.15. The Labute approximate surface area is 139 Å². The zero-order valence-electron chi connectivity index (χ0n) is 12.5. The molecule has 0 aromatic carbocycles. The van der Waals surface area contributed by atoms with Crippen LogP contribution in [0.25, 0.3) is 0 Å². The smallest absolute Gasteiger partial charge is 0.254 e. The zero-order valence-corrected chi connectivity index (χ0v) is 13.3. The number of anilines is 1. The number of morpholine rings is 1. The molecule has 0 unspecified atom stereocenters. The fraction of sp³-hybridized carbons (Fsp3) is 0.312. The zero-order chi connectivity index (χ0) is 16.1. The molecule has 6 nitrogen and oxygen atoms in total. The summed E-state index contributed by atoms with van der Waals surface area (Å²) in [5.41, 5.74) is 1.35. The molecule has 0 atom stereocenters. The number of aromatic nitrogens is 2. The lowest BCUT2D eigenvalue weighted by Gasteiger charge is -2.28. The first kappa shape index (κ1) is 15.7. The quantitative estimate of drug-likeness (QED) is 0.866. The van der Waals surface area contributed by atoms with Crippen LogP contribution in [0.3, 0.4) is 0 Å². The maximum atomic E-state index is 12.1. The number of ether oxygens (including phenoxy) is 1. The Morgan fingerprint density at radius 3 is 2.87 bits per heavy atom. The second kappa shape index (κ2) is 7.39. The lowest BCUT2D eigenvalue weighted by Crippen LogP contribution is -2.36. The van der Waals surface area contributed by atoms with Crippen molar-refractivity contribution in [2.45, 2.75) is 6.54 Å². The van der Waals surface area contributed by atoms with Crippen molar-refractivity contribution in [1.29, 1.82) is 0 Å². The Hall–Kier alpha value is -2.18. The number of hydrogen-bond acceptors (Lipinski definition) is 5. The molecule has 1 amide bonds. The summed E-state index contributed by atoms with van der Waals surface area (Å²) in [6.07, 6.45) is 3.31. The van der Waals surface area contributed by atoms with Crippen molar-refractivity contribution in [3.05, 3.63) is 52.9 Å². The van der Waals surface area contributed by atoms with Gasteiger partial charge < -0.3 is 15.0 Å². The summed E-state index contributed by atoms with van der Waals surface area (Å²) >= 11 is 5.93. The van der Waals surface area contributed by atoms with Gasteiger partial charge >= 0.3 is 0 Å². The van der Waals surface area contributed by atoms with E-state index in [0.717, 1.165) is 24.5 Å². The van der Waals surface area contributed by atoms with Gasteiger partial charge in [0.1, 0.15) is 11.0 Å². The third-order valence-corrected chi connectivity index (χ3v) is 3.90. The molecule has 1 N–H and O–H groups in total. The lowest BCUT2D eigenvalue weighted by molar-refractivity contribution is 0.0950. The number of nitrogens with zero attached hydrogens (tertiary/aromatic N) is 3. The van der Waals surface area contributed by atoms with Crippen LogP contribution in [0.4, 0.5) is 5.82 Å². The van der Waals surface area contributed by atoms with E-state index in [-0.39, 0.29) is 11.1 Å². The van der Waals surface area contributed by atoms with E-state index in [1.54, 1.807) is 24.5 Å². The molecule has 1 fully saturated rings. The van der Waals surface area contributed by atoms with E-state index in [2.05, 4.69) is 20.2 Å². The number of carbonyl (C=O) groups excluding carboxylic acids is 1. The molecule has 120 valence electrons. The number of carbonyl (C=O) groups is 1. The van der Waals surface area contributed by atoms with E-state index in [9.17, 15) is 4.79 Å². The number of halogens is 1. The minimum Gasteiger partial charge on any atom is -0.378 e. The second-order valence-corrected chi connectivity index (χ2v) is 5.50. The molecular formula is C16H17ClN4O2. The molecule has 1 aliphatic rings. The van der Waals surface area contributed by atoms with Crippen LogP contribution in [0.1, 0.15) is 15.9 Å². The fourth-order valence-corrected chi connectivity index (χ4v) is 2.57. The molecule has 0 aliphatic carbocycles. The molecule has 0 spiro atoms. The van der Waals surface area contributed by atoms with Crippen molar-refractivity contribution in [2.24, 2.45) is 0 Å².